The number of rotatable bonds is 4. The molecule has 0 amide bonds. The third-order valence-corrected chi connectivity index (χ3v) is 3.64. The lowest BCUT2D eigenvalue weighted by atomic mass is 10.1. The normalized spacial score (nSPS) is 18.2. The van der Waals surface area contributed by atoms with Gasteiger partial charge in [-0.15, -0.1) is 0 Å². The molecule has 1 fully saturated rings. The molecule has 0 spiro atoms. The summed E-state index contributed by atoms with van der Waals surface area (Å²) in [4.78, 5) is 16.6. The highest BCUT2D eigenvalue weighted by Crippen LogP contribution is 2.10. The molecule has 1 aliphatic rings. The first-order valence-electron chi connectivity index (χ1n) is 6.85. The summed E-state index contributed by atoms with van der Waals surface area (Å²) >= 11 is 0. The van der Waals surface area contributed by atoms with Crippen LogP contribution in [0.4, 0.5) is 4.39 Å². The van der Waals surface area contributed by atoms with Gasteiger partial charge in [0.05, 0.1) is 5.56 Å². The van der Waals surface area contributed by atoms with Crippen molar-refractivity contribution in [3.05, 3.63) is 35.6 Å². The summed E-state index contributed by atoms with van der Waals surface area (Å²) in [6.07, 6.45) is 1.52. The Morgan fingerprint density at radius 2 is 2.00 bits per heavy atom. The van der Waals surface area contributed by atoms with Crippen molar-refractivity contribution in [1.29, 1.82) is 0 Å². The van der Waals surface area contributed by atoms with Crippen LogP contribution in [-0.2, 0) is 0 Å². The Hall–Kier alpha value is -1.26. The van der Waals surface area contributed by atoms with Crippen LogP contribution in [0.5, 0.6) is 0 Å². The van der Waals surface area contributed by atoms with Crippen LogP contribution in [0, 0.1) is 5.82 Å². The lowest BCUT2D eigenvalue weighted by Gasteiger charge is -2.19. The summed E-state index contributed by atoms with van der Waals surface area (Å²) in [5, 5.41) is 0. The molecule has 0 N–H and O–H groups in total. The molecule has 0 saturated carbocycles. The van der Waals surface area contributed by atoms with Gasteiger partial charge in [0.1, 0.15) is 5.82 Å². The maximum Gasteiger partial charge on any atom is 0.167 e. The van der Waals surface area contributed by atoms with Gasteiger partial charge < -0.3 is 9.80 Å². The number of nitrogens with zero attached hydrogens (tertiary/aromatic N) is 2. The zero-order valence-electron chi connectivity index (χ0n) is 11.4. The van der Waals surface area contributed by atoms with Crippen molar-refractivity contribution in [2.75, 3.05) is 39.8 Å². The Labute approximate surface area is 114 Å². The second-order valence-electron chi connectivity index (χ2n) is 5.15. The minimum atomic E-state index is -0.414. The summed E-state index contributed by atoms with van der Waals surface area (Å²) in [7, 11) is 2.12. The van der Waals surface area contributed by atoms with Crippen LogP contribution in [0.15, 0.2) is 24.3 Å². The third kappa shape index (κ3) is 4.11. The predicted octanol–water partition coefficient (Wildman–Crippen LogP) is 2.04. The molecule has 0 unspecified atom stereocenters. The van der Waals surface area contributed by atoms with Crippen LogP contribution in [0.1, 0.15) is 23.2 Å². The van der Waals surface area contributed by atoms with Gasteiger partial charge in [-0.2, -0.15) is 0 Å². The molecule has 3 nitrogen and oxygen atoms in total. The first-order valence-corrected chi connectivity index (χ1v) is 6.85. The number of hydrogen-bond donors (Lipinski definition) is 0. The van der Waals surface area contributed by atoms with Gasteiger partial charge in [-0.3, -0.25) is 4.79 Å². The van der Waals surface area contributed by atoms with Gasteiger partial charge in [0, 0.05) is 26.1 Å². The number of carbonyl (C=O) groups excluding carboxylic acids is 1. The molecule has 0 aromatic heterocycles. The molecule has 1 aromatic rings. The van der Waals surface area contributed by atoms with Crippen molar-refractivity contribution in [2.45, 2.75) is 12.8 Å². The fourth-order valence-corrected chi connectivity index (χ4v) is 2.41. The van der Waals surface area contributed by atoms with Gasteiger partial charge >= 0.3 is 0 Å². The number of benzene rings is 1. The molecule has 0 atom stereocenters. The van der Waals surface area contributed by atoms with E-state index in [1.165, 1.54) is 6.07 Å². The van der Waals surface area contributed by atoms with Crippen LogP contribution in [0.3, 0.4) is 0 Å². The molecule has 4 heteroatoms. The van der Waals surface area contributed by atoms with Crippen LogP contribution in [0.2, 0.25) is 0 Å². The lowest BCUT2D eigenvalue weighted by molar-refractivity contribution is 0.0961. The molecule has 0 bridgehead atoms. The summed E-state index contributed by atoms with van der Waals surface area (Å²) in [6.45, 7) is 4.88. The van der Waals surface area contributed by atoms with Crippen molar-refractivity contribution >= 4 is 5.78 Å². The van der Waals surface area contributed by atoms with E-state index in [0.717, 1.165) is 39.1 Å². The summed E-state index contributed by atoms with van der Waals surface area (Å²) < 4.78 is 13.5. The highest BCUT2D eigenvalue weighted by Gasteiger charge is 2.15. The zero-order valence-corrected chi connectivity index (χ0v) is 11.4. The van der Waals surface area contributed by atoms with Crippen molar-refractivity contribution < 1.29 is 9.18 Å². The predicted molar refractivity (Wildman–Crippen MR) is 73.9 cm³/mol. The molecule has 1 saturated heterocycles. The molecule has 19 heavy (non-hydrogen) atoms. The summed E-state index contributed by atoms with van der Waals surface area (Å²) in [5.74, 6) is -0.515. The Kier molecular flexibility index (Phi) is 5.05. The molecular formula is C15H21FN2O. The average Bonchev–Trinajstić information content (AvgIpc) is 2.61. The number of hydrogen-bond acceptors (Lipinski definition) is 3. The van der Waals surface area contributed by atoms with E-state index in [4.69, 9.17) is 0 Å². The number of ketones is 1. The molecule has 1 aromatic carbocycles. The maximum absolute atomic E-state index is 13.5. The number of carbonyl (C=O) groups is 1. The lowest BCUT2D eigenvalue weighted by Crippen LogP contribution is -2.30. The van der Waals surface area contributed by atoms with Crippen molar-refractivity contribution in [2.24, 2.45) is 0 Å². The molecule has 0 radical (unpaired) electrons. The maximum atomic E-state index is 13.5. The van der Waals surface area contributed by atoms with E-state index in [9.17, 15) is 9.18 Å². The molecule has 0 aliphatic carbocycles. The first-order chi connectivity index (χ1) is 9.16. The number of likely N-dealkylation sites (N-methyl/N-ethyl adjacent to an activating group) is 1. The standard InChI is InChI=1S/C15H21FN2O/c1-17-8-4-9-18(12-11-17)10-7-15(19)13-5-2-3-6-14(13)16/h2-3,5-6H,4,7-12H2,1H3. The van der Waals surface area contributed by atoms with Gasteiger partial charge in [-0.1, -0.05) is 12.1 Å². The average molecular weight is 264 g/mol. The third-order valence-electron chi connectivity index (χ3n) is 3.64. The number of Topliss-reactive ketones (excluding diaryl/α,β-unsaturated/α-hetero) is 1. The first kappa shape index (κ1) is 14.2. The van der Waals surface area contributed by atoms with E-state index in [2.05, 4.69) is 16.8 Å². The fraction of sp³-hybridized carbons (Fsp3) is 0.533. The molecule has 104 valence electrons. The van der Waals surface area contributed by atoms with E-state index >= 15 is 0 Å². The second-order valence-corrected chi connectivity index (χ2v) is 5.15. The van der Waals surface area contributed by atoms with Gasteiger partial charge in [0.2, 0.25) is 0 Å². The van der Waals surface area contributed by atoms with Crippen LogP contribution < -0.4 is 0 Å². The molecule has 1 heterocycles. The van der Waals surface area contributed by atoms with Gasteiger partial charge in [0.25, 0.3) is 0 Å². The topological polar surface area (TPSA) is 23.6 Å². The molecule has 2 rings (SSSR count). The smallest absolute Gasteiger partial charge is 0.167 e. The fourth-order valence-electron chi connectivity index (χ4n) is 2.41. The Balaban J connectivity index is 1.85. The van der Waals surface area contributed by atoms with Gasteiger partial charge in [-0.05, 0) is 38.7 Å². The monoisotopic (exact) mass is 264 g/mol. The van der Waals surface area contributed by atoms with E-state index in [1.54, 1.807) is 18.2 Å². The van der Waals surface area contributed by atoms with Gasteiger partial charge in [-0.25, -0.2) is 4.39 Å². The van der Waals surface area contributed by atoms with E-state index in [1.807, 2.05) is 0 Å². The zero-order chi connectivity index (χ0) is 13.7. The van der Waals surface area contributed by atoms with Crippen LogP contribution in [0.25, 0.3) is 0 Å². The van der Waals surface area contributed by atoms with Crippen LogP contribution in [-0.4, -0.2) is 55.4 Å². The van der Waals surface area contributed by atoms with E-state index < -0.39 is 5.82 Å². The minimum Gasteiger partial charge on any atom is -0.305 e. The largest absolute Gasteiger partial charge is 0.305 e. The van der Waals surface area contributed by atoms with Crippen LogP contribution >= 0.6 is 0 Å². The Morgan fingerprint density at radius 1 is 1.21 bits per heavy atom. The summed E-state index contributed by atoms with van der Waals surface area (Å²) in [6, 6.07) is 6.22. The quantitative estimate of drug-likeness (QED) is 0.778. The van der Waals surface area contributed by atoms with Crippen molar-refractivity contribution in [3.63, 3.8) is 0 Å². The number of halogens is 1. The van der Waals surface area contributed by atoms with E-state index in [-0.39, 0.29) is 11.3 Å². The summed E-state index contributed by atoms with van der Waals surface area (Å²) in [5.41, 5.74) is 0.217. The minimum absolute atomic E-state index is 0.101. The highest BCUT2D eigenvalue weighted by molar-refractivity contribution is 5.96. The van der Waals surface area contributed by atoms with Crippen molar-refractivity contribution in [3.8, 4) is 0 Å². The Bertz CT molecular complexity index is 436. The van der Waals surface area contributed by atoms with Gasteiger partial charge in [0.15, 0.2) is 5.78 Å². The SMILES string of the molecule is CN1CCCN(CCC(=O)c2ccccc2F)CC1. The molecule has 1 aliphatic heterocycles. The van der Waals surface area contributed by atoms with Crippen molar-refractivity contribution in [1.82, 2.24) is 9.80 Å². The van der Waals surface area contributed by atoms with E-state index in [0.29, 0.717) is 6.42 Å². The molecular weight excluding hydrogens is 243 g/mol. The Morgan fingerprint density at radius 3 is 2.79 bits per heavy atom. The highest BCUT2D eigenvalue weighted by atomic mass is 19.1. The second kappa shape index (κ2) is 6.78.